The van der Waals surface area contributed by atoms with E-state index in [0.717, 1.165) is 16.5 Å². The van der Waals surface area contributed by atoms with Gasteiger partial charge in [-0.25, -0.2) is 0 Å². The molecule has 8 heteroatoms. The Kier molecular flexibility index (Phi) is 4.34. The number of hydrogen-bond acceptors (Lipinski definition) is 4. The van der Waals surface area contributed by atoms with E-state index in [4.69, 9.17) is 11.6 Å². The summed E-state index contributed by atoms with van der Waals surface area (Å²) in [5.41, 5.74) is 1.70. The molecular formula is C22H21ClN4O3. The Bertz CT molecular complexity index is 1160. The maximum Gasteiger partial charge on any atom is 0.251 e. The molecule has 30 heavy (non-hydrogen) atoms. The Balaban J connectivity index is 1.28. The highest BCUT2D eigenvalue weighted by atomic mass is 35.5. The summed E-state index contributed by atoms with van der Waals surface area (Å²) in [6, 6.07) is 10.5. The Morgan fingerprint density at radius 2 is 2.00 bits per heavy atom. The van der Waals surface area contributed by atoms with Crippen LogP contribution in [0, 0.1) is 11.8 Å². The number of fused-ring (bicyclic) bond motifs is 2. The van der Waals surface area contributed by atoms with Crippen LogP contribution in [0.25, 0.3) is 10.9 Å². The summed E-state index contributed by atoms with van der Waals surface area (Å²) in [5, 5.41) is 25.5. The topological polar surface area (TPSA) is 107 Å². The molecule has 3 aromatic rings. The Morgan fingerprint density at radius 1 is 1.23 bits per heavy atom. The summed E-state index contributed by atoms with van der Waals surface area (Å²) >= 11 is 6.24. The highest BCUT2D eigenvalue weighted by Gasteiger charge is 2.62. The normalized spacial score (nSPS) is 27.0. The molecule has 1 unspecified atom stereocenters. The first-order valence-electron chi connectivity index (χ1n) is 9.88. The number of aromatic nitrogens is 2. The van der Waals surface area contributed by atoms with E-state index in [9.17, 15) is 14.7 Å². The molecule has 5 rings (SSSR count). The second kappa shape index (κ2) is 6.82. The van der Waals surface area contributed by atoms with E-state index < -0.39 is 5.60 Å². The molecule has 0 aliphatic heterocycles. The van der Waals surface area contributed by atoms with E-state index in [1.165, 1.54) is 6.92 Å². The van der Waals surface area contributed by atoms with Crippen LogP contribution in [0.5, 0.6) is 0 Å². The van der Waals surface area contributed by atoms with E-state index in [1.54, 1.807) is 36.5 Å². The van der Waals surface area contributed by atoms with Crippen LogP contribution >= 0.6 is 11.6 Å². The van der Waals surface area contributed by atoms with Gasteiger partial charge < -0.3 is 15.7 Å². The van der Waals surface area contributed by atoms with E-state index in [0.29, 0.717) is 29.1 Å². The van der Waals surface area contributed by atoms with Crippen LogP contribution < -0.4 is 10.6 Å². The van der Waals surface area contributed by atoms with Crippen molar-refractivity contribution >= 4 is 40.0 Å². The number of hydrogen-bond donors (Lipinski definition) is 4. The molecule has 2 amide bonds. The molecule has 2 aromatic carbocycles. The van der Waals surface area contributed by atoms with Crippen LogP contribution in [0.1, 0.15) is 35.7 Å². The lowest BCUT2D eigenvalue weighted by atomic mass is 9.86. The molecule has 4 atom stereocenters. The second-order valence-corrected chi connectivity index (χ2v) is 8.75. The number of nitrogens with one attached hydrogen (secondary N) is 3. The fourth-order valence-corrected chi connectivity index (χ4v) is 5.09. The zero-order chi connectivity index (χ0) is 21.0. The van der Waals surface area contributed by atoms with Crippen molar-refractivity contribution in [3.05, 3.63) is 58.7 Å². The maximum atomic E-state index is 12.7. The van der Waals surface area contributed by atoms with Crippen molar-refractivity contribution in [2.75, 3.05) is 5.32 Å². The predicted molar refractivity (Wildman–Crippen MR) is 113 cm³/mol. The van der Waals surface area contributed by atoms with Crippen molar-refractivity contribution in [1.29, 1.82) is 0 Å². The standard InChI is InChI=1S/C22H21ClN4O3/c1-11(28)25-14-4-2-3-12(5-14)21(29)26-20-15-8-22(30,9-16(15)20)18-6-13(23)7-19-17(18)10-24-27-19/h2-7,10,15-16,20,30H,8-9H2,1H3,(H,24,27)(H,25,28)(H,26,29)/t15-,16+,20?,22+. The first kappa shape index (κ1) is 19.1. The molecule has 1 heterocycles. The molecule has 2 fully saturated rings. The first-order valence-corrected chi connectivity index (χ1v) is 10.3. The zero-order valence-corrected chi connectivity index (χ0v) is 17.0. The number of rotatable bonds is 4. The quantitative estimate of drug-likeness (QED) is 0.515. The number of carbonyl (C=O) groups is 2. The average Bonchev–Trinajstić information content (AvgIpc) is 3.05. The number of nitrogens with zero attached hydrogens (tertiary/aromatic N) is 1. The van der Waals surface area contributed by atoms with Crippen LogP contribution in [-0.4, -0.2) is 33.2 Å². The Morgan fingerprint density at radius 3 is 2.73 bits per heavy atom. The van der Waals surface area contributed by atoms with Crippen molar-refractivity contribution < 1.29 is 14.7 Å². The summed E-state index contributed by atoms with van der Waals surface area (Å²) in [6.45, 7) is 1.43. The zero-order valence-electron chi connectivity index (χ0n) is 16.3. The van der Waals surface area contributed by atoms with E-state index >= 15 is 0 Å². The largest absolute Gasteiger partial charge is 0.385 e. The number of halogens is 1. The number of aromatic amines is 1. The van der Waals surface area contributed by atoms with Crippen LogP contribution in [0.2, 0.25) is 5.02 Å². The molecule has 2 saturated carbocycles. The minimum atomic E-state index is -0.977. The van der Waals surface area contributed by atoms with Gasteiger partial charge in [-0.05, 0) is 60.6 Å². The number of anilines is 1. The lowest BCUT2D eigenvalue weighted by Gasteiger charge is -2.27. The van der Waals surface area contributed by atoms with Crippen molar-refractivity contribution in [3.63, 3.8) is 0 Å². The first-order chi connectivity index (χ1) is 14.3. The van der Waals surface area contributed by atoms with Gasteiger partial charge in [-0.15, -0.1) is 0 Å². The van der Waals surface area contributed by atoms with Gasteiger partial charge in [0.2, 0.25) is 5.91 Å². The van der Waals surface area contributed by atoms with Crippen LogP contribution in [0.15, 0.2) is 42.6 Å². The summed E-state index contributed by atoms with van der Waals surface area (Å²) in [5.74, 6) is 0.0817. The maximum absolute atomic E-state index is 12.7. The van der Waals surface area contributed by atoms with Crippen molar-refractivity contribution in [3.8, 4) is 0 Å². The molecule has 2 aliphatic rings. The molecule has 154 valence electrons. The summed E-state index contributed by atoms with van der Waals surface area (Å²) < 4.78 is 0. The summed E-state index contributed by atoms with van der Waals surface area (Å²) in [4.78, 5) is 23.9. The van der Waals surface area contributed by atoms with Crippen molar-refractivity contribution in [1.82, 2.24) is 15.5 Å². The molecule has 2 aliphatic carbocycles. The summed E-state index contributed by atoms with van der Waals surface area (Å²) in [7, 11) is 0. The lowest BCUT2D eigenvalue weighted by molar-refractivity contribution is -0.114. The molecule has 0 saturated heterocycles. The molecular weight excluding hydrogens is 404 g/mol. The van der Waals surface area contributed by atoms with Gasteiger partial charge in [0.1, 0.15) is 0 Å². The lowest BCUT2D eigenvalue weighted by Crippen LogP contribution is -2.33. The Hall–Kier alpha value is -2.90. The van der Waals surface area contributed by atoms with Gasteiger partial charge in [0.25, 0.3) is 5.91 Å². The third-order valence-corrected chi connectivity index (χ3v) is 6.46. The number of H-pyrrole nitrogens is 1. The number of benzene rings is 2. The average molecular weight is 425 g/mol. The minimum Gasteiger partial charge on any atom is -0.385 e. The molecule has 4 N–H and O–H groups in total. The Labute approximate surface area is 177 Å². The highest BCUT2D eigenvalue weighted by molar-refractivity contribution is 6.31. The predicted octanol–water partition coefficient (Wildman–Crippen LogP) is 3.20. The SMILES string of the molecule is CC(=O)Nc1cccc(C(=O)NC2[C@H]3C[C@](O)(c4cc(Cl)cc5[nH]ncc45)C[C@@H]23)c1. The fourth-order valence-electron chi connectivity index (χ4n) is 4.88. The van der Waals surface area contributed by atoms with Gasteiger partial charge in [-0.2, -0.15) is 5.10 Å². The molecule has 7 nitrogen and oxygen atoms in total. The smallest absolute Gasteiger partial charge is 0.251 e. The minimum absolute atomic E-state index is 0.0428. The van der Waals surface area contributed by atoms with Gasteiger partial charge in [0, 0.05) is 34.6 Å². The third-order valence-electron chi connectivity index (χ3n) is 6.25. The molecule has 0 bridgehead atoms. The highest BCUT2D eigenvalue weighted by Crippen LogP contribution is 2.60. The summed E-state index contributed by atoms with van der Waals surface area (Å²) in [6.07, 6.45) is 2.84. The molecule has 0 radical (unpaired) electrons. The van der Waals surface area contributed by atoms with Gasteiger partial charge in [-0.1, -0.05) is 17.7 Å². The van der Waals surface area contributed by atoms with Crippen molar-refractivity contribution in [2.24, 2.45) is 11.8 Å². The number of aliphatic hydroxyl groups is 1. The monoisotopic (exact) mass is 424 g/mol. The van der Waals surface area contributed by atoms with Gasteiger partial charge in [0.15, 0.2) is 0 Å². The van der Waals surface area contributed by atoms with E-state index in [1.807, 2.05) is 6.07 Å². The van der Waals surface area contributed by atoms with Gasteiger partial charge >= 0.3 is 0 Å². The van der Waals surface area contributed by atoms with Crippen LogP contribution in [0.3, 0.4) is 0 Å². The van der Waals surface area contributed by atoms with E-state index in [2.05, 4.69) is 20.8 Å². The molecule has 0 spiro atoms. The number of carbonyl (C=O) groups excluding carboxylic acids is 2. The number of amides is 2. The van der Waals surface area contributed by atoms with E-state index in [-0.39, 0.29) is 29.7 Å². The van der Waals surface area contributed by atoms with Crippen molar-refractivity contribution in [2.45, 2.75) is 31.4 Å². The van der Waals surface area contributed by atoms with Gasteiger partial charge in [0.05, 0.1) is 17.3 Å². The van der Waals surface area contributed by atoms with Crippen LogP contribution in [0.4, 0.5) is 5.69 Å². The second-order valence-electron chi connectivity index (χ2n) is 8.31. The third kappa shape index (κ3) is 3.24. The van der Waals surface area contributed by atoms with Gasteiger partial charge in [-0.3, -0.25) is 14.7 Å². The fraction of sp³-hybridized carbons (Fsp3) is 0.318. The van der Waals surface area contributed by atoms with Crippen LogP contribution in [-0.2, 0) is 10.4 Å². The molecule has 1 aromatic heterocycles.